The number of nitrogens with one attached hydrogen (secondary N) is 2. The fourth-order valence-electron chi connectivity index (χ4n) is 3.62. The fourth-order valence-corrected chi connectivity index (χ4v) is 6.92. The zero-order valence-electron chi connectivity index (χ0n) is 18.7. The number of nitrogens with zero attached hydrogens (tertiary/aromatic N) is 2. The van der Waals surface area contributed by atoms with Gasteiger partial charge in [0.05, 0.1) is 10.6 Å². The Bertz CT molecular complexity index is 968. The van der Waals surface area contributed by atoms with Gasteiger partial charge in [-0.3, -0.25) is 0 Å². The standard InChI is InChI=1S/C20H34N4O4S3/c1-5-14-30(25,26)24-12-10-17(11-13-24)21-20(29)22-19-15-18(9-8-16(19)4)31(27,28)23(6-2)7-3/h8-9,15,17H,5-7,10-14H2,1-4H3,(H2,21,22,29). The lowest BCUT2D eigenvalue weighted by Crippen LogP contribution is -2.47. The summed E-state index contributed by atoms with van der Waals surface area (Å²) in [6, 6.07) is 5.04. The predicted octanol–water partition coefficient (Wildman–Crippen LogP) is 2.52. The van der Waals surface area contributed by atoms with Gasteiger partial charge in [-0.1, -0.05) is 26.8 Å². The number of aryl methyl sites for hydroxylation is 1. The monoisotopic (exact) mass is 490 g/mol. The average molecular weight is 491 g/mol. The zero-order valence-corrected chi connectivity index (χ0v) is 21.2. The lowest BCUT2D eigenvalue weighted by molar-refractivity contribution is 0.308. The average Bonchev–Trinajstić information content (AvgIpc) is 2.70. The Labute approximate surface area is 192 Å². The first-order chi connectivity index (χ1) is 14.5. The number of thiocarbonyl (C=S) groups is 1. The molecule has 1 aliphatic heterocycles. The van der Waals surface area contributed by atoms with Gasteiger partial charge in [-0.05, 0) is 56.1 Å². The minimum Gasteiger partial charge on any atom is -0.360 e. The van der Waals surface area contributed by atoms with Crippen molar-refractivity contribution in [2.75, 3.05) is 37.2 Å². The summed E-state index contributed by atoms with van der Waals surface area (Å²) in [4.78, 5) is 0.224. The van der Waals surface area contributed by atoms with Crippen molar-refractivity contribution < 1.29 is 16.8 Å². The van der Waals surface area contributed by atoms with Gasteiger partial charge in [-0.25, -0.2) is 21.1 Å². The van der Waals surface area contributed by atoms with Crippen LogP contribution in [-0.4, -0.2) is 68.5 Å². The van der Waals surface area contributed by atoms with Crippen LogP contribution in [0.2, 0.25) is 0 Å². The number of sulfonamides is 2. The van der Waals surface area contributed by atoms with Crippen LogP contribution >= 0.6 is 12.2 Å². The fraction of sp³-hybridized carbons (Fsp3) is 0.650. The molecule has 2 rings (SSSR count). The molecule has 1 heterocycles. The van der Waals surface area contributed by atoms with Crippen LogP contribution in [0.5, 0.6) is 0 Å². The Morgan fingerprint density at radius 1 is 1.13 bits per heavy atom. The van der Waals surface area contributed by atoms with E-state index in [1.165, 1.54) is 4.31 Å². The van der Waals surface area contributed by atoms with Gasteiger partial charge in [-0.15, -0.1) is 0 Å². The molecule has 0 aromatic heterocycles. The van der Waals surface area contributed by atoms with Crippen molar-refractivity contribution in [3.8, 4) is 0 Å². The molecule has 0 radical (unpaired) electrons. The number of benzene rings is 1. The number of piperidine rings is 1. The van der Waals surface area contributed by atoms with Gasteiger partial charge in [0.15, 0.2) is 5.11 Å². The molecule has 1 aromatic rings. The van der Waals surface area contributed by atoms with Crippen LogP contribution in [0.4, 0.5) is 5.69 Å². The smallest absolute Gasteiger partial charge is 0.243 e. The molecule has 0 atom stereocenters. The highest BCUT2D eigenvalue weighted by atomic mass is 32.2. The molecule has 11 heteroatoms. The van der Waals surface area contributed by atoms with E-state index < -0.39 is 20.0 Å². The van der Waals surface area contributed by atoms with Crippen molar-refractivity contribution in [1.29, 1.82) is 0 Å². The number of hydrogen-bond acceptors (Lipinski definition) is 5. The summed E-state index contributed by atoms with van der Waals surface area (Å²) in [5.74, 6) is 0.178. The van der Waals surface area contributed by atoms with Crippen LogP contribution < -0.4 is 10.6 Å². The molecule has 31 heavy (non-hydrogen) atoms. The van der Waals surface area contributed by atoms with E-state index in [1.807, 2.05) is 27.7 Å². The summed E-state index contributed by atoms with van der Waals surface area (Å²) in [5, 5.41) is 6.75. The molecular formula is C20H34N4O4S3. The minimum absolute atomic E-state index is 0.0657. The third kappa shape index (κ3) is 6.61. The highest BCUT2D eigenvalue weighted by molar-refractivity contribution is 7.89. The lowest BCUT2D eigenvalue weighted by atomic mass is 10.1. The molecule has 0 spiro atoms. The first kappa shape index (κ1) is 26.0. The molecule has 1 aromatic carbocycles. The predicted molar refractivity (Wildman–Crippen MR) is 129 cm³/mol. The van der Waals surface area contributed by atoms with Gasteiger partial charge in [0.1, 0.15) is 0 Å². The Kier molecular flexibility index (Phi) is 9.26. The molecule has 0 bridgehead atoms. The summed E-state index contributed by atoms with van der Waals surface area (Å²) >= 11 is 5.44. The molecule has 1 aliphatic rings. The van der Waals surface area contributed by atoms with E-state index in [0.717, 1.165) is 5.56 Å². The third-order valence-corrected chi connectivity index (χ3v) is 9.79. The van der Waals surface area contributed by atoms with Crippen molar-refractivity contribution >= 4 is 43.1 Å². The number of hydrogen-bond donors (Lipinski definition) is 2. The highest BCUT2D eigenvalue weighted by Gasteiger charge is 2.28. The molecular weight excluding hydrogens is 456 g/mol. The molecule has 1 fully saturated rings. The van der Waals surface area contributed by atoms with E-state index in [0.29, 0.717) is 56.2 Å². The normalized spacial score (nSPS) is 16.4. The summed E-state index contributed by atoms with van der Waals surface area (Å²) in [6.07, 6.45) is 1.94. The molecule has 0 amide bonds. The largest absolute Gasteiger partial charge is 0.360 e. The SMILES string of the molecule is CCCS(=O)(=O)N1CCC(NC(=S)Nc2cc(S(=O)(=O)N(CC)CC)ccc2C)CC1. The Morgan fingerprint density at radius 2 is 1.74 bits per heavy atom. The van der Waals surface area contributed by atoms with Crippen LogP contribution in [0.1, 0.15) is 45.6 Å². The molecule has 0 aliphatic carbocycles. The van der Waals surface area contributed by atoms with Crippen molar-refractivity contribution in [3.05, 3.63) is 23.8 Å². The lowest BCUT2D eigenvalue weighted by Gasteiger charge is -2.32. The Morgan fingerprint density at radius 3 is 2.29 bits per heavy atom. The third-order valence-electron chi connectivity index (χ3n) is 5.45. The van der Waals surface area contributed by atoms with Gasteiger partial charge in [0.25, 0.3) is 0 Å². The van der Waals surface area contributed by atoms with Gasteiger partial charge in [0.2, 0.25) is 20.0 Å². The second kappa shape index (κ2) is 11.0. The Hall–Kier alpha value is -1.27. The van der Waals surface area contributed by atoms with E-state index in [4.69, 9.17) is 12.2 Å². The quantitative estimate of drug-likeness (QED) is 0.513. The van der Waals surface area contributed by atoms with E-state index >= 15 is 0 Å². The van der Waals surface area contributed by atoms with Crippen LogP contribution in [0.3, 0.4) is 0 Å². The van der Waals surface area contributed by atoms with Gasteiger partial charge in [-0.2, -0.15) is 4.31 Å². The summed E-state index contributed by atoms with van der Waals surface area (Å²) in [7, 11) is -6.73. The van der Waals surface area contributed by atoms with Crippen LogP contribution in [-0.2, 0) is 20.0 Å². The summed E-state index contributed by atoms with van der Waals surface area (Å²) < 4.78 is 53.0. The molecule has 0 unspecified atom stereocenters. The van der Waals surface area contributed by atoms with Gasteiger partial charge in [0, 0.05) is 37.9 Å². The van der Waals surface area contributed by atoms with E-state index in [9.17, 15) is 16.8 Å². The maximum atomic E-state index is 12.8. The van der Waals surface area contributed by atoms with Crippen LogP contribution in [0.25, 0.3) is 0 Å². The number of rotatable bonds is 9. The van der Waals surface area contributed by atoms with Crippen LogP contribution in [0, 0.1) is 6.92 Å². The Balaban J connectivity index is 2.02. The second-order valence-corrected chi connectivity index (χ2v) is 12.1. The second-order valence-electron chi connectivity index (χ2n) is 7.65. The van der Waals surface area contributed by atoms with E-state index in [1.54, 1.807) is 22.5 Å². The molecule has 2 N–H and O–H groups in total. The van der Waals surface area contributed by atoms with Crippen LogP contribution in [0.15, 0.2) is 23.1 Å². The molecule has 1 saturated heterocycles. The molecule has 176 valence electrons. The minimum atomic E-state index is -3.56. The first-order valence-electron chi connectivity index (χ1n) is 10.7. The molecule has 8 nitrogen and oxygen atoms in total. The maximum Gasteiger partial charge on any atom is 0.243 e. The summed E-state index contributed by atoms with van der Waals surface area (Å²) in [5.41, 5.74) is 1.51. The summed E-state index contributed by atoms with van der Waals surface area (Å²) in [6.45, 7) is 9.12. The highest BCUT2D eigenvalue weighted by Crippen LogP contribution is 2.23. The van der Waals surface area contributed by atoms with Gasteiger partial charge < -0.3 is 10.6 Å². The van der Waals surface area contributed by atoms with E-state index in [-0.39, 0.29) is 16.7 Å². The van der Waals surface area contributed by atoms with Gasteiger partial charge >= 0.3 is 0 Å². The van der Waals surface area contributed by atoms with E-state index in [2.05, 4.69) is 10.6 Å². The molecule has 0 saturated carbocycles. The van der Waals surface area contributed by atoms with Crippen molar-refractivity contribution in [2.45, 2.75) is 57.9 Å². The first-order valence-corrected chi connectivity index (χ1v) is 14.2. The zero-order chi connectivity index (χ0) is 23.2. The topological polar surface area (TPSA) is 98.8 Å². The number of anilines is 1. The maximum absolute atomic E-state index is 12.8. The van der Waals surface area contributed by atoms with Crippen molar-refractivity contribution in [1.82, 2.24) is 13.9 Å². The van der Waals surface area contributed by atoms with Crippen molar-refractivity contribution in [2.24, 2.45) is 0 Å². The van der Waals surface area contributed by atoms with Crippen molar-refractivity contribution in [3.63, 3.8) is 0 Å².